The van der Waals surface area contributed by atoms with Gasteiger partial charge in [-0.25, -0.2) is 0 Å². The van der Waals surface area contributed by atoms with E-state index in [1.807, 2.05) is 6.92 Å². The maximum absolute atomic E-state index is 9.48. The third kappa shape index (κ3) is 1.60. The lowest BCUT2D eigenvalue weighted by atomic mass is 10.2. The van der Waals surface area contributed by atoms with E-state index in [1.165, 1.54) is 0 Å². The Kier molecular flexibility index (Phi) is 2.03. The van der Waals surface area contributed by atoms with Crippen LogP contribution in [0.3, 0.4) is 0 Å². The minimum absolute atomic E-state index is 0.0313. The average Bonchev–Trinajstić information content (AvgIpc) is 1.77. The van der Waals surface area contributed by atoms with Gasteiger partial charge in [0.25, 0.3) is 0 Å². The molecular weight excluding hydrogens is 136 g/mol. The maximum Gasteiger partial charge on any atom is 0.133 e. The van der Waals surface area contributed by atoms with E-state index in [9.17, 15) is 5.11 Å². The molecule has 2 unspecified atom stereocenters. The van der Waals surface area contributed by atoms with Crippen molar-refractivity contribution in [2.45, 2.75) is 24.9 Å². The van der Waals surface area contributed by atoms with Crippen molar-refractivity contribution in [3.63, 3.8) is 0 Å². The second-order valence-corrected chi connectivity index (χ2v) is 3.94. The minimum atomic E-state index is -0.668. The fourth-order valence-electron chi connectivity index (χ4n) is 0.745. The molecule has 0 aromatic carbocycles. The van der Waals surface area contributed by atoms with Crippen LogP contribution in [0, 0.1) is 0 Å². The summed E-state index contributed by atoms with van der Waals surface area (Å²) in [5.74, 6) is 0.900. The fourth-order valence-corrected chi connectivity index (χ4v) is 1.64. The second kappa shape index (κ2) is 2.48. The van der Waals surface area contributed by atoms with Crippen molar-refractivity contribution < 1.29 is 9.84 Å². The Hall–Kier alpha value is 0.270. The first-order chi connectivity index (χ1) is 4.13. The van der Waals surface area contributed by atoms with Crippen LogP contribution in [-0.2, 0) is 4.74 Å². The van der Waals surface area contributed by atoms with Gasteiger partial charge in [0.2, 0.25) is 0 Å². The Morgan fingerprint density at radius 3 is 2.78 bits per heavy atom. The molecule has 1 rings (SSSR count). The number of hydrogen-bond acceptors (Lipinski definition) is 3. The van der Waals surface area contributed by atoms with Gasteiger partial charge < -0.3 is 9.84 Å². The standard InChI is InChI=1S/C6H12O2S/c1-5-6(2,7)9-4-3-8-5/h5,7H,3-4H2,1-2H3. The highest BCUT2D eigenvalue weighted by Gasteiger charge is 2.32. The predicted molar refractivity (Wildman–Crippen MR) is 38.5 cm³/mol. The minimum Gasteiger partial charge on any atom is -0.377 e. The highest BCUT2D eigenvalue weighted by Crippen LogP contribution is 2.30. The molecule has 2 atom stereocenters. The molecule has 0 spiro atoms. The van der Waals surface area contributed by atoms with Crippen LogP contribution in [0.4, 0.5) is 0 Å². The topological polar surface area (TPSA) is 29.5 Å². The van der Waals surface area contributed by atoms with Crippen molar-refractivity contribution in [2.75, 3.05) is 12.4 Å². The van der Waals surface area contributed by atoms with Gasteiger partial charge in [-0.15, -0.1) is 11.8 Å². The summed E-state index contributed by atoms with van der Waals surface area (Å²) in [7, 11) is 0. The molecule has 0 aromatic rings. The highest BCUT2D eigenvalue weighted by atomic mass is 32.2. The molecule has 0 amide bonds. The lowest BCUT2D eigenvalue weighted by molar-refractivity contribution is -0.0403. The van der Waals surface area contributed by atoms with Gasteiger partial charge in [-0.1, -0.05) is 0 Å². The largest absolute Gasteiger partial charge is 0.377 e. The number of aliphatic hydroxyl groups is 1. The van der Waals surface area contributed by atoms with Gasteiger partial charge in [0.05, 0.1) is 12.7 Å². The number of thioether (sulfide) groups is 1. The van der Waals surface area contributed by atoms with Crippen LogP contribution in [0.5, 0.6) is 0 Å². The molecule has 0 bridgehead atoms. The van der Waals surface area contributed by atoms with Gasteiger partial charge >= 0.3 is 0 Å². The zero-order valence-electron chi connectivity index (χ0n) is 5.76. The SMILES string of the molecule is CC1OCCSC1(C)O. The molecule has 0 aliphatic carbocycles. The summed E-state index contributed by atoms with van der Waals surface area (Å²) >= 11 is 1.56. The van der Waals surface area contributed by atoms with Gasteiger partial charge in [-0.05, 0) is 13.8 Å². The average molecular weight is 148 g/mol. The molecule has 1 aliphatic rings. The fraction of sp³-hybridized carbons (Fsp3) is 1.00. The second-order valence-electron chi connectivity index (χ2n) is 2.42. The summed E-state index contributed by atoms with van der Waals surface area (Å²) in [5, 5.41) is 9.48. The van der Waals surface area contributed by atoms with E-state index in [4.69, 9.17) is 4.74 Å². The van der Waals surface area contributed by atoms with Crippen molar-refractivity contribution in [1.29, 1.82) is 0 Å². The molecule has 1 N–H and O–H groups in total. The molecule has 1 saturated heterocycles. The molecule has 1 fully saturated rings. The van der Waals surface area contributed by atoms with E-state index >= 15 is 0 Å². The summed E-state index contributed by atoms with van der Waals surface area (Å²) in [6, 6.07) is 0. The van der Waals surface area contributed by atoms with Crippen molar-refractivity contribution >= 4 is 11.8 Å². The van der Waals surface area contributed by atoms with Crippen LogP contribution in [0.2, 0.25) is 0 Å². The molecule has 0 saturated carbocycles. The van der Waals surface area contributed by atoms with Crippen LogP contribution < -0.4 is 0 Å². The zero-order chi connectivity index (χ0) is 6.91. The van der Waals surface area contributed by atoms with Crippen molar-refractivity contribution in [1.82, 2.24) is 0 Å². The molecule has 3 heteroatoms. The first kappa shape index (κ1) is 7.38. The van der Waals surface area contributed by atoms with Gasteiger partial charge in [0, 0.05) is 5.75 Å². The third-order valence-corrected chi connectivity index (χ3v) is 2.89. The van der Waals surface area contributed by atoms with Crippen LogP contribution in [-0.4, -0.2) is 28.5 Å². The van der Waals surface area contributed by atoms with Gasteiger partial charge in [-0.3, -0.25) is 0 Å². The molecule has 9 heavy (non-hydrogen) atoms. The Morgan fingerprint density at radius 2 is 2.44 bits per heavy atom. The number of hydrogen-bond donors (Lipinski definition) is 1. The lowest BCUT2D eigenvalue weighted by Crippen LogP contribution is -2.40. The molecule has 54 valence electrons. The Balaban J connectivity index is 2.49. The van der Waals surface area contributed by atoms with Gasteiger partial charge in [0.15, 0.2) is 0 Å². The van der Waals surface area contributed by atoms with Gasteiger partial charge in [-0.2, -0.15) is 0 Å². The summed E-state index contributed by atoms with van der Waals surface area (Å²) in [5.41, 5.74) is 0. The highest BCUT2D eigenvalue weighted by molar-refractivity contribution is 8.00. The van der Waals surface area contributed by atoms with E-state index in [0.29, 0.717) is 0 Å². The van der Waals surface area contributed by atoms with E-state index in [1.54, 1.807) is 18.7 Å². The smallest absolute Gasteiger partial charge is 0.133 e. The number of ether oxygens (including phenoxy) is 1. The number of rotatable bonds is 0. The molecule has 0 radical (unpaired) electrons. The summed E-state index contributed by atoms with van der Waals surface area (Å²) in [6.07, 6.45) is -0.0313. The summed E-state index contributed by atoms with van der Waals surface area (Å²) in [4.78, 5) is -0.668. The molecular formula is C6H12O2S. The van der Waals surface area contributed by atoms with Crippen LogP contribution in [0.25, 0.3) is 0 Å². The van der Waals surface area contributed by atoms with E-state index in [2.05, 4.69) is 0 Å². The quantitative estimate of drug-likeness (QED) is 0.552. The van der Waals surface area contributed by atoms with E-state index in [-0.39, 0.29) is 6.10 Å². The maximum atomic E-state index is 9.48. The first-order valence-corrected chi connectivity index (χ1v) is 4.09. The molecule has 2 nitrogen and oxygen atoms in total. The third-order valence-electron chi connectivity index (χ3n) is 1.60. The first-order valence-electron chi connectivity index (χ1n) is 3.11. The van der Waals surface area contributed by atoms with Gasteiger partial charge in [0.1, 0.15) is 4.93 Å². The molecule has 0 aromatic heterocycles. The van der Waals surface area contributed by atoms with Crippen LogP contribution in [0.15, 0.2) is 0 Å². The van der Waals surface area contributed by atoms with E-state index in [0.717, 1.165) is 12.4 Å². The Morgan fingerprint density at radius 1 is 1.78 bits per heavy atom. The van der Waals surface area contributed by atoms with Crippen molar-refractivity contribution in [3.05, 3.63) is 0 Å². The van der Waals surface area contributed by atoms with E-state index < -0.39 is 4.93 Å². The lowest BCUT2D eigenvalue weighted by Gasteiger charge is -2.33. The normalized spacial score (nSPS) is 45.0. The summed E-state index contributed by atoms with van der Waals surface area (Å²) in [6.45, 7) is 4.45. The van der Waals surface area contributed by atoms with Crippen molar-refractivity contribution in [2.24, 2.45) is 0 Å². The monoisotopic (exact) mass is 148 g/mol. The van der Waals surface area contributed by atoms with Crippen LogP contribution >= 0.6 is 11.8 Å². The molecule has 1 aliphatic heterocycles. The summed E-state index contributed by atoms with van der Waals surface area (Å²) < 4.78 is 5.22. The van der Waals surface area contributed by atoms with Crippen molar-refractivity contribution in [3.8, 4) is 0 Å². The molecule has 1 heterocycles. The Labute approximate surface area is 59.6 Å². The predicted octanol–water partition coefficient (Wildman–Crippen LogP) is 0.847. The zero-order valence-corrected chi connectivity index (χ0v) is 6.57. The Bertz CT molecular complexity index is 103. The van der Waals surface area contributed by atoms with Crippen LogP contribution in [0.1, 0.15) is 13.8 Å².